The summed E-state index contributed by atoms with van der Waals surface area (Å²) in [6.07, 6.45) is 3.96. The molecule has 1 atom stereocenters. The van der Waals surface area contributed by atoms with Crippen LogP contribution in [0.2, 0.25) is 0 Å². The fraction of sp³-hybridized carbons (Fsp3) is 0.562. The van der Waals surface area contributed by atoms with E-state index in [9.17, 15) is 0 Å². The van der Waals surface area contributed by atoms with Gasteiger partial charge in [-0.25, -0.2) is 0 Å². The van der Waals surface area contributed by atoms with Gasteiger partial charge in [0.25, 0.3) is 0 Å². The van der Waals surface area contributed by atoms with E-state index in [-0.39, 0.29) is 5.84 Å². The van der Waals surface area contributed by atoms with Gasteiger partial charge in [-0.1, -0.05) is 29.4 Å². The monoisotopic (exact) mass is 288 g/mol. The quantitative estimate of drug-likeness (QED) is 0.382. The zero-order valence-corrected chi connectivity index (χ0v) is 12.4. The van der Waals surface area contributed by atoms with Gasteiger partial charge in [-0.3, -0.25) is 9.80 Å². The Hall–Kier alpha value is -1.59. The Morgan fingerprint density at radius 3 is 2.71 bits per heavy atom. The van der Waals surface area contributed by atoms with Gasteiger partial charge in [0.2, 0.25) is 0 Å². The van der Waals surface area contributed by atoms with Crippen molar-refractivity contribution in [3.63, 3.8) is 0 Å². The molecule has 5 nitrogen and oxygen atoms in total. The van der Waals surface area contributed by atoms with Crippen LogP contribution in [0.3, 0.4) is 0 Å². The second kappa shape index (κ2) is 6.45. The van der Waals surface area contributed by atoms with Crippen LogP contribution in [0.25, 0.3) is 0 Å². The van der Waals surface area contributed by atoms with Crippen molar-refractivity contribution >= 4 is 5.84 Å². The van der Waals surface area contributed by atoms with Crippen molar-refractivity contribution in [2.45, 2.75) is 31.8 Å². The summed E-state index contributed by atoms with van der Waals surface area (Å²) in [6.45, 7) is 5.88. The molecule has 0 amide bonds. The average Bonchev–Trinajstić information content (AvgIpc) is 2.86. The van der Waals surface area contributed by atoms with Gasteiger partial charge in [0, 0.05) is 24.7 Å². The van der Waals surface area contributed by atoms with E-state index >= 15 is 0 Å². The van der Waals surface area contributed by atoms with E-state index in [2.05, 4.69) is 27.1 Å². The fourth-order valence-electron chi connectivity index (χ4n) is 3.52. The highest BCUT2D eigenvalue weighted by Gasteiger charge is 2.28. The lowest BCUT2D eigenvalue weighted by molar-refractivity contribution is 0.215. The highest BCUT2D eigenvalue weighted by atomic mass is 16.4. The summed E-state index contributed by atoms with van der Waals surface area (Å²) in [5.74, 6) is 0.165. The van der Waals surface area contributed by atoms with Crippen LogP contribution in [-0.4, -0.2) is 53.1 Å². The summed E-state index contributed by atoms with van der Waals surface area (Å²) < 4.78 is 0. The molecule has 2 fully saturated rings. The molecule has 1 unspecified atom stereocenters. The van der Waals surface area contributed by atoms with E-state index in [1.165, 1.54) is 51.0 Å². The highest BCUT2D eigenvalue weighted by Crippen LogP contribution is 2.22. The lowest BCUT2D eigenvalue weighted by Crippen LogP contribution is -2.36. The van der Waals surface area contributed by atoms with Crippen molar-refractivity contribution in [2.75, 3.05) is 26.2 Å². The number of nitrogens with two attached hydrogens (primary N) is 1. The third-order valence-electron chi connectivity index (χ3n) is 4.65. The van der Waals surface area contributed by atoms with Gasteiger partial charge < -0.3 is 10.9 Å². The molecule has 3 rings (SSSR count). The molecule has 0 saturated carbocycles. The largest absolute Gasteiger partial charge is 0.409 e. The van der Waals surface area contributed by atoms with E-state index in [0.29, 0.717) is 0 Å². The molecule has 1 aromatic carbocycles. The number of fused-ring (bicyclic) bond motifs is 1. The van der Waals surface area contributed by atoms with Crippen LogP contribution >= 0.6 is 0 Å². The fourth-order valence-corrected chi connectivity index (χ4v) is 3.52. The summed E-state index contributed by atoms with van der Waals surface area (Å²) in [7, 11) is 0. The van der Waals surface area contributed by atoms with Gasteiger partial charge in [-0.15, -0.1) is 0 Å². The number of hydrogen-bond donors (Lipinski definition) is 2. The van der Waals surface area contributed by atoms with E-state index in [4.69, 9.17) is 10.9 Å². The second-order valence-electron chi connectivity index (χ2n) is 6.10. The van der Waals surface area contributed by atoms with Gasteiger partial charge >= 0.3 is 0 Å². The molecule has 0 spiro atoms. The van der Waals surface area contributed by atoms with Gasteiger partial charge in [0.15, 0.2) is 5.84 Å². The van der Waals surface area contributed by atoms with Crippen LogP contribution in [-0.2, 0) is 6.54 Å². The molecule has 5 heteroatoms. The second-order valence-corrected chi connectivity index (χ2v) is 6.10. The lowest BCUT2D eigenvalue weighted by atomic mass is 10.1. The summed E-state index contributed by atoms with van der Waals surface area (Å²) in [5, 5.41) is 11.7. The number of amidine groups is 1. The molecule has 0 aromatic heterocycles. The predicted molar refractivity (Wildman–Crippen MR) is 83.4 cm³/mol. The van der Waals surface area contributed by atoms with Crippen LogP contribution in [0.15, 0.2) is 29.4 Å². The van der Waals surface area contributed by atoms with Gasteiger partial charge in [-0.2, -0.15) is 0 Å². The number of benzene rings is 1. The number of rotatable bonds is 3. The molecule has 2 aliphatic rings. The van der Waals surface area contributed by atoms with Crippen LogP contribution in [0.4, 0.5) is 0 Å². The Morgan fingerprint density at radius 2 is 1.95 bits per heavy atom. The molecule has 2 saturated heterocycles. The van der Waals surface area contributed by atoms with Crippen molar-refractivity contribution in [1.82, 2.24) is 9.80 Å². The molecule has 1 aromatic rings. The maximum atomic E-state index is 8.69. The van der Waals surface area contributed by atoms with Crippen molar-refractivity contribution in [2.24, 2.45) is 10.9 Å². The highest BCUT2D eigenvalue weighted by molar-refractivity contribution is 5.96. The van der Waals surface area contributed by atoms with Gasteiger partial charge in [0.05, 0.1) is 0 Å². The Kier molecular flexibility index (Phi) is 4.41. The van der Waals surface area contributed by atoms with E-state index in [1.54, 1.807) is 0 Å². The Balaban J connectivity index is 1.63. The molecule has 2 aliphatic heterocycles. The van der Waals surface area contributed by atoms with Crippen molar-refractivity contribution in [3.8, 4) is 0 Å². The first-order valence-corrected chi connectivity index (χ1v) is 7.79. The SMILES string of the molecule is NC(=NO)c1ccc(CN2CCCN3CCCC3C2)cc1. The topological polar surface area (TPSA) is 65.1 Å². The summed E-state index contributed by atoms with van der Waals surface area (Å²) in [4.78, 5) is 5.22. The predicted octanol–water partition coefficient (Wildman–Crippen LogP) is 1.45. The Labute approximate surface area is 126 Å². The van der Waals surface area contributed by atoms with Crippen LogP contribution < -0.4 is 5.73 Å². The van der Waals surface area contributed by atoms with Gasteiger partial charge in [0.1, 0.15) is 0 Å². The summed E-state index contributed by atoms with van der Waals surface area (Å²) in [6, 6.07) is 8.74. The zero-order valence-electron chi connectivity index (χ0n) is 12.4. The summed E-state index contributed by atoms with van der Waals surface area (Å²) >= 11 is 0. The van der Waals surface area contributed by atoms with Crippen LogP contribution in [0.1, 0.15) is 30.4 Å². The minimum atomic E-state index is 0.165. The standard InChI is InChI=1S/C16H24N4O/c17-16(18-21)14-6-4-13(5-7-14)11-19-8-2-10-20-9-1-3-15(20)12-19/h4-7,15,21H,1-3,8-12H2,(H2,17,18). The Bertz CT molecular complexity index is 500. The van der Waals surface area contributed by atoms with Crippen molar-refractivity contribution in [1.29, 1.82) is 0 Å². The number of oxime groups is 1. The summed E-state index contributed by atoms with van der Waals surface area (Å²) in [5.41, 5.74) is 7.64. The zero-order chi connectivity index (χ0) is 14.7. The first kappa shape index (κ1) is 14.4. The minimum absolute atomic E-state index is 0.165. The molecule has 21 heavy (non-hydrogen) atoms. The normalized spacial score (nSPS) is 24.8. The number of hydrogen-bond acceptors (Lipinski definition) is 4. The third-order valence-corrected chi connectivity index (χ3v) is 4.65. The van der Waals surface area contributed by atoms with E-state index < -0.39 is 0 Å². The minimum Gasteiger partial charge on any atom is -0.409 e. The molecule has 3 N–H and O–H groups in total. The van der Waals surface area contributed by atoms with E-state index in [0.717, 1.165) is 18.2 Å². The maximum Gasteiger partial charge on any atom is 0.170 e. The maximum absolute atomic E-state index is 8.69. The molecular formula is C16H24N4O. The molecule has 0 aliphatic carbocycles. The molecule has 0 radical (unpaired) electrons. The van der Waals surface area contributed by atoms with Crippen molar-refractivity contribution in [3.05, 3.63) is 35.4 Å². The smallest absolute Gasteiger partial charge is 0.170 e. The van der Waals surface area contributed by atoms with Gasteiger partial charge in [-0.05, 0) is 44.5 Å². The number of nitrogens with zero attached hydrogens (tertiary/aromatic N) is 3. The molecule has 114 valence electrons. The average molecular weight is 288 g/mol. The molecule has 0 bridgehead atoms. The first-order chi connectivity index (χ1) is 10.3. The third kappa shape index (κ3) is 3.36. The molecule has 2 heterocycles. The lowest BCUT2D eigenvalue weighted by Gasteiger charge is -2.25. The van der Waals surface area contributed by atoms with Crippen LogP contribution in [0, 0.1) is 0 Å². The van der Waals surface area contributed by atoms with E-state index in [1.807, 2.05) is 12.1 Å². The Morgan fingerprint density at radius 1 is 1.19 bits per heavy atom. The first-order valence-electron chi connectivity index (χ1n) is 7.79. The van der Waals surface area contributed by atoms with Crippen molar-refractivity contribution < 1.29 is 5.21 Å². The molecular weight excluding hydrogens is 264 g/mol. The van der Waals surface area contributed by atoms with Crippen LogP contribution in [0.5, 0.6) is 0 Å².